The normalized spacial score (nSPS) is 12.3. The SMILES string of the molecule is c1ccc2c(c1)c1ccccc1c1cc(-c3ccc4oc5cc6oc7ccc(-c8ccc9c%10ccccc%10c%10ccccc%10c9c8)cc7c6cc5c4c3)ccc21. The second kappa shape index (κ2) is 11.1. The predicted molar refractivity (Wildman–Crippen MR) is 237 cm³/mol. The van der Waals surface area contributed by atoms with Crippen molar-refractivity contribution in [3.05, 3.63) is 182 Å². The molecule has 0 spiro atoms. The van der Waals surface area contributed by atoms with Crippen molar-refractivity contribution in [2.75, 3.05) is 0 Å². The lowest BCUT2D eigenvalue weighted by Crippen LogP contribution is -1.85. The van der Waals surface area contributed by atoms with Crippen molar-refractivity contribution in [2.45, 2.75) is 0 Å². The van der Waals surface area contributed by atoms with E-state index in [1.54, 1.807) is 0 Å². The molecule has 2 aromatic heterocycles. The van der Waals surface area contributed by atoms with Crippen molar-refractivity contribution in [1.29, 1.82) is 0 Å². The highest BCUT2D eigenvalue weighted by atomic mass is 16.3. The lowest BCUT2D eigenvalue weighted by molar-refractivity contribution is 0.656. The van der Waals surface area contributed by atoms with E-state index in [0.717, 1.165) is 55.0 Å². The number of benzene rings is 11. The summed E-state index contributed by atoms with van der Waals surface area (Å²) in [5.74, 6) is 0. The molecule has 0 N–H and O–H groups in total. The molecule has 0 aliphatic heterocycles. The van der Waals surface area contributed by atoms with E-state index in [1.165, 1.54) is 75.8 Å². The maximum absolute atomic E-state index is 6.46. The summed E-state index contributed by atoms with van der Waals surface area (Å²) in [4.78, 5) is 0. The molecule has 2 heterocycles. The minimum atomic E-state index is 0.827. The van der Waals surface area contributed by atoms with Crippen LogP contribution in [0.5, 0.6) is 0 Å². The Morgan fingerprint density at radius 2 is 0.446 bits per heavy atom. The fourth-order valence-electron chi connectivity index (χ4n) is 9.58. The first-order chi connectivity index (χ1) is 27.7. The van der Waals surface area contributed by atoms with Gasteiger partial charge in [-0.25, -0.2) is 0 Å². The van der Waals surface area contributed by atoms with Gasteiger partial charge in [-0.15, -0.1) is 0 Å². The fraction of sp³-hybridized carbons (Fsp3) is 0. The Labute approximate surface area is 320 Å². The zero-order valence-corrected chi connectivity index (χ0v) is 30.1. The molecule has 0 atom stereocenters. The first kappa shape index (κ1) is 30.0. The molecule has 56 heavy (non-hydrogen) atoms. The third-order valence-electron chi connectivity index (χ3n) is 12.2. The van der Waals surface area contributed by atoms with E-state index < -0.39 is 0 Å². The van der Waals surface area contributed by atoms with Crippen LogP contribution in [0, 0.1) is 0 Å². The smallest absolute Gasteiger partial charge is 0.139 e. The van der Waals surface area contributed by atoms with E-state index in [1.807, 2.05) is 0 Å². The van der Waals surface area contributed by atoms with Crippen molar-refractivity contribution >= 4 is 109 Å². The maximum atomic E-state index is 6.46. The molecule has 0 saturated heterocycles. The average molecular weight is 711 g/mol. The van der Waals surface area contributed by atoms with Gasteiger partial charge in [0.25, 0.3) is 0 Å². The molecule has 2 heteroatoms. The van der Waals surface area contributed by atoms with Gasteiger partial charge >= 0.3 is 0 Å². The number of hydrogen-bond donors (Lipinski definition) is 0. The van der Waals surface area contributed by atoms with Crippen LogP contribution in [-0.4, -0.2) is 0 Å². The van der Waals surface area contributed by atoms with Crippen LogP contribution in [0.3, 0.4) is 0 Å². The third-order valence-corrected chi connectivity index (χ3v) is 12.2. The summed E-state index contributed by atoms with van der Waals surface area (Å²) in [5, 5.41) is 19.7. The largest absolute Gasteiger partial charge is 0.456 e. The first-order valence-corrected chi connectivity index (χ1v) is 19.2. The Morgan fingerprint density at radius 1 is 0.179 bits per heavy atom. The molecule has 0 radical (unpaired) electrons. The molecule has 0 aliphatic carbocycles. The van der Waals surface area contributed by atoms with Gasteiger partial charge in [0.2, 0.25) is 0 Å². The second-order valence-electron chi connectivity index (χ2n) is 15.2. The molecule has 11 aromatic carbocycles. The molecule has 0 fully saturated rings. The van der Waals surface area contributed by atoms with Gasteiger partial charge in [-0.1, -0.05) is 133 Å². The highest BCUT2D eigenvalue weighted by molar-refractivity contribution is 6.27. The van der Waals surface area contributed by atoms with Gasteiger partial charge < -0.3 is 8.83 Å². The van der Waals surface area contributed by atoms with E-state index in [4.69, 9.17) is 8.83 Å². The Kier molecular flexibility index (Phi) is 5.92. The Balaban J connectivity index is 0.970. The van der Waals surface area contributed by atoms with Gasteiger partial charge in [-0.3, -0.25) is 0 Å². The van der Waals surface area contributed by atoms with E-state index in [9.17, 15) is 0 Å². The van der Waals surface area contributed by atoms with Gasteiger partial charge in [-0.2, -0.15) is 0 Å². The van der Waals surface area contributed by atoms with Crippen LogP contribution >= 0.6 is 0 Å². The molecule has 13 rings (SSSR count). The molecule has 0 saturated carbocycles. The summed E-state index contributed by atoms with van der Waals surface area (Å²) in [6, 6.07) is 66.3. The van der Waals surface area contributed by atoms with Gasteiger partial charge in [0.05, 0.1) is 0 Å². The molecule has 0 aliphatic rings. The molecule has 13 aromatic rings. The molecule has 0 amide bonds. The average Bonchev–Trinajstić information content (AvgIpc) is 3.81. The van der Waals surface area contributed by atoms with E-state index in [0.29, 0.717) is 0 Å². The van der Waals surface area contributed by atoms with Crippen molar-refractivity contribution in [1.82, 2.24) is 0 Å². The first-order valence-electron chi connectivity index (χ1n) is 19.2. The molecule has 0 bridgehead atoms. The van der Waals surface area contributed by atoms with E-state index in [-0.39, 0.29) is 0 Å². The quantitative estimate of drug-likeness (QED) is 0.167. The van der Waals surface area contributed by atoms with Crippen LogP contribution in [-0.2, 0) is 0 Å². The van der Waals surface area contributed by atoms with Crippen LogP contribution < -0.4 is 0 Å². The van der Waals surface area contributed by atoms with Crippen molar-refractivity contribution < 1.29 is 8.83 Å². The monoisotopic (exact) mass is 710 g/mol. The molecule has 2 nitrogen and oxygen atoms in total. The van der Waals surface area contributed by atoms with Crippen molar-refractivity contribution in [3.63, 3.8) is 0 Å². The zero-order chi connectivity index (χ0) is 36.5. The summed E-state index contributed by atoms with van der Waals surface area (Å²) in [6.45, 7) is 0. The lowest BCUT2D eigenvalue weighted by Gasteiger charge is -2.12. The minimum absolute atomic E-state index is 0.827. The zero-order valence-electron chi connectivity index (χ0n) is 30.1. The van der Waals surface area contributed by atoms with Crippen molar-refractivity contribution in [2.24, 2.45) is 0 Å². The minimum Gasteiger partial charge on any atom is -0.456 e. The summed E-state index contributed by atoms with van der Waals surface area (Å²) >= 11 is 0. The van der Waals surface area contributed by atoms with E-state index in [2.05, 4.69) is 182 Å². The lowest BCUT2D eigenvalue weighted by atomic mass is 9.92. The predicted octanol–water partition coefficient (Wildman–Crippen LogP) is 15.7. The standard InChI is InChI=1S/C54H30O2/c1-3-13-39-35(9-1)37-11-5-7-15-41(37)45-25-31(17-21-43(39)45)33-19-23-51-47(27-33)49-29-50-48-28-34(20-24-52(48)56-54(50)30-53(49)55-51)32-18-22-44-40-14-4-2-10-36(40)38-12-6-8-16-42(38)46(44)26-32/h1-30H. The van der Waals surface area contributed by atoms with Crippen molar-refractivity contribution in [3.8, 4) is 22.3 Å². The highest BCUT2D eigenvalue weighted by Gasteiger charge is 2.17. The topological polar surface area (TPSA) is 26.3 Å². The number of furan rings is 2. The van der Waals surface area contributed by atoms with Crippen LogP contribution in [0.15, 0.2) is 191 Å². The number of fused-ring (bicyclic) bond motifs is 18. The molecule has 0 unspecified atom stereocenters. The number of hydrogen-bond acceptors (Lipinski definition) is 2. The Bertz CT molecular complexity index is 3500. The molecular formula is C54H30O2. The molecular weight excluding hydrogens is 681 g/mol. The summed E-state index contributed by atoms with van der Waals surface area (Å²) < 4.78 is 12.9. The van der Waals surface area contributed by atoms with E-state index >= 15 is 0 Å². The van der Waals surface area contributed by atoms with Crippen LogP contribution in [0.2, 0.25) is 0 Å². The molecule has 258 valence electrons. The van der Waals surface area contributed by atoms with Gasteiger partial charge in [0, 0.05) is 27.6 Å². The van der Waals surface area contributed by atoms with Gasteiger partial charge in [0.15, 0.2) is 0 Å². The van der Waals surface area contributed by atoms with Crippen LogP contribution in [0.25, 0.3) is 131 Å². The summed E-state index contributed by atoms with van der Waals surface area (Å²) in [7, 11) is 0. The third kappa shape index (κ3) is 4.16. The number of rotatable bonds is 2. The van der Waals surface area contributed by atoms with Crippen LogP contribution in [0.1, 0.15) is 0 Å². The maximum Gasteiger partial charge on any atom is 0.139 e. The van der Waals surface area contributed by atoms with Gasteiger partial charge in [0.1, 0.15) is 22.3 Å². The summed E-state index contributed by atoms with van der Waals surface area (Å²) in [5.41, 5.74) is 8.09. The summed E-state index contributed by atoms with van der Waals surface area (Å²) in [6.07, 6.45) is 0. The van der Waals surface area contributed by atoms with Crippen LogP contribution in [0.4, 0.5) is 0 Å². The second-order valence-corrected chi connectivity index (χ2v) is 15.2. The fourth-order valence-corrected chi connectivity index (χ4v) is 9.58. The Hall–Kier alpha value is -7.42. The Morgan fingerprint density at radius 3 is 0.804 bits per heavy atom. The van der Waals surface area contributed by atoms with Gasteiger partial charge in [-0.05, 0) is 129 Å². The highest BCUT2D eigenvalue weighted by Crippen LogP contribution is 2.42.